The Morgan fingerprint density at radius 1 is 1.60 bits per heavy atom. The molecule has 1 amide bonds. The molecule has 3 nitrogen and oxygen atoms in total. The SMILES string of the molecule is CCCC(=O)N1CC(CCl)OC(C)(C)C1. The van der Waals surface area contributed by atoms with Gasteiger partial charge < -0.3 is 9.64 Å². The Labute approximate surface area is 96.7 Å². The molecule has 15 heavy (non-hydrogen) atoms. The molecule has 88 valence electrons. The molecule has 1 aliphatic heterocycles. The molecule has 1 heterocycles. The first kappa shape index (κ1) is 12.8. The van der Waals surface area contributed by atoms with E-state index in [-0.39, 0.29) is 17.6 Å². The standard InChI is InChI=1S/C11H20ClNO2/c1-4-5-10(14)13-7-9(6-12)15-11(2,3)8-13/h9H,4-8H2,1-3H3. The average molecular weight is 234 g/mol. The molecule has 1 atom stereocenters. The highest BCUT2D eigenvalue weighted by molar-refractivity contribution is 6.18. The summed E-state index contributed by atoms with van der Waals surface area (Å²) >= 11 is 5.79. The van der Waals surface area contributed by atoms with Gasteiger partial charge >= 0.3 is 0 Å². The highest BCUT2D eigenvalue weighted by Crippen LogP contribution is 2.22. The molecule has 0 radical (unpaired) electrons. The van der Waals surface area contributed by atoms with Gasteiger partial charge in [0, 0.05) is 19.5 Å². The Hall–Kier alpha value is -0.280. The summed E-state index contributed by atoms with van der Waals surface area (Å²) in [6.07, 6.45) is 1.48. The van der Waals surface area contributed by atoms with Crippen molar-refractivity contribution in [3.8, 4) is 0 Å². The molecule has 0 bridgehead atoms. The summed E-state index contributed by atoms with van der Waals surface area (Å²) in [6.45, 7) is 7.31. The zero-order chi connectivity index (χ0) is 11.5. The van der Waals surface area contributed by atoms with Crippen molar-refractivity contribution in [2.75, 3.05) is 19.0 Å². The van der Waals surface area contributed by atoms with Crippen LogP contribution in [0.25, 0.3) is 0 Å². The summed E-state index contributed by atoms with van der Waals surface area (Å²) in [4.78, 5) is 13.6. The second-order valence-corrected chi connectivity index (χ2v) is 4.99. The van der Waals surface area contributed by atoms with E-state index in [4.69, 9.17) is 16.3 Å². The number of carbonyl (C=O) groups is 1. The van der Waals surface area contributed by atoms with Gasteiger partial charge in [0.15, 0.2) is 0 Å². The molecule has 0 aromatic heterocycles. The number of halogens is 1. The van der Waals surface area contributed by atoms with Crippen LogP contribution in [-0.2, 0) is 9.53 Å². The third-order valence-electron chi connectivity index (χ3n) is 2.47. The minimum absolute atomic E-state index is 0.0313. The normalized spacial score (nSPS) is 25.3. The number of morpholine rings is 1. The van der Waals surface area contributed by atoms with Gasteiger partial charge in [-0.3, -0.25) is 4.79 Å². The Morgan fingerprint density at radius 3 is 2.80 bits per heavy atom. The van der Waals surface area contributed by atoms with Gasteiger partial charge in [-0.2, -0.15) is 0 Å². The summed E-state index contributed by atoms with van der Waals surface area (Å²) in [5, 5.41) is 0. The van der Waals surface area contributed by atoms with Gasteiger partial charge in [0.1, 0.15) is 0 Å². The molecule has 0 spiro atoms. The molecule has 1 unspecified atom stereocenters. The van der Waals surface area contributed by atoms with E-state index < -0.39 is 0 Å². The van der Waals surface area contributed by atoms with Gasteiger partial charge in [0.25, 0.3) is 0 Å². The summed E-state index contributed by atoms with van der Waals surface area (Å²) in [6, 6.07) is 0. The number of amides is 1. The molecule has 1 rings (SSSR count). The van der Waals surface area contributed by atoms with Gasteiger partial charge in [0.2, 0.25) is 5.91 Å². The monoisotopic (exact) mass is 233 g/mol. The Kier molecular flexibility index (Phi) is 4.41. The molecule has 0 aromatic carbocycles. The number of hydrogen-bond donors (Lipinski definition) is 0. The molecule has 0 saturated carbocycles. The maximum Gasteiger partial charge on any atom is 0.222 e. The second-order valence-electron chi connectivity index (χ2n) is 4.68. The lowest BCUT2D eigenvalue weighted by Crippen LogP contribution is -2.55. The predicted octanol–water partition coefficient (Wildman–Crippen LogP) is 2.03. The number of ether oxygens (including phenoxy) is 1. The maximum absolute atomic E-state index is 11.8. The molecule has 1 saturated heterocycles. The quantitative estimate of drug-likeness (QED) is 0.699. The molecule has 1 fully saturated rings. The number of carbonyl (C=O) groups excluding carboxylic acids is 1. The van der Waals surface area contributed by atoms with Crippen LogP contribution in [0.1, 0.15) is 33.6 Å². The zero-order valence-electron chi connectivity index (χ0n) is 9.75. The third kappa shape index (κ3) is 3.65. The molecular weight excluding hydrogens is 214 g/mol. The first-order valence-corrected chi connectivity index (χ1v) is 6.03. The van der Waals surface area contributed by atoms with Crippen LogP contribution in [-0.4, -0.2) is 41.5 Å². The van der Waals surface area contributed by atoms with Crippen molar-refractivity contribution >= 4 is 17.5 Å². The fourth-order valence-electron chi connectivity index (χ4n) is 1.94. The van der Waals surface area contributed by atoms with Crippen LogP contribution in [0, 0.1) is 0 Å². The van der Waals surface area contributed by atoms with Crippen LogP contribution < -0.4 is 0 Å². The molecule has 0 aliphatic carbocycles. The Bertz CT molecular complexity index is 231. The summed E-state index contributed by atoms with van der Waals surface area (Å²) in [5.41, 5.74) is -0.277. The van der Waals surface area contributed by atoms with Crippen molar-refractivity contribution in [3.63, 3.8) is 0 Å². The molecule has 1 aliphatic rings. The first-order chi connectivity index (χ1) is 6.98. The van der Waals surface area contributed by atoms with Gasteiger partial charge in [-0.25, -0.2) is 0 Å². The van der Waals surface area contributed by atoms with Gasteiger partial charge in [-0.05, 0) is 20.3 Å². The van der Waals surface area contributed by atoms with Gasteiger partial charge in [-0.1, -0.05) is 6.92 Å². The van der Waals surface area contributed by atoms with Crippen molar-refractivity contribution in [1.82, 2.24) is 4.90 Å². The van der Waals surface area contributed by atoms with E-state index in [0.717, 1.165) is 6.42 Å². The predicted molar refractivity (Wildman–Crippen MR) is 61.2 cm³/mol. The number of hydrogen-bond acceptors (Lipinski definition) is 2. The van der Waals surface area contributed by atoms with Crippen molar-refractivity contribution < 1.29 is 9.53 Å². The fraction of sp³-hybridized carbons (Fsp3) is 0.909. The number of alkyl halides is 1. The Morgan fingerprint density at radius 2 is 2.27 bits per heavy atom. The number of nitrogens with zero attached hydrogens (tertiary/aromatic N) is 1. The van der Waals surface area contributed by atoms with E-state index in [1.54, 1.807) is 0 Å². The maximum atomic E-state index is 11.8. The van der Waals surface area contributed by atoms with E-state index in [1.165, 1.54) is 0 Å². The van der Waals surface area contributed by atoms with Crippen LogP contribution in [0.2, 0.25) is 0 Å². The summed E-state index contributed by atoms with van der Waals surface area (Å²) < 4.78 is 5.76. The van der Waals surface area contributed by atoms with E-state index in [0.29, 0.717) is 25.4 Å². The fourth-order valence-corrected chi connectivity index (χ4v) is 2.10. The lowest BCUT2D eigenvalue weighted by atomic mass is 10.0. The smallest absolute Gasteiger partial charge is 0.222 e. The second kappa shape index (κ2) is 5.17. The van der Waals surface area contributed by atoms with E-state index >= 15 is 0 Å². The zero-order valence-corrected chi connectivity index (χ0v) is 10.5. The lowest BCUT2D eigenvalue weighted by Gasteiger charge is -2.42. The minimum Gasteiger partial charge on any atom is -0.367 e. The molecule has 0 aromatic rings. The average Bonchev–Trinajstić information content (AvgIpc) is 2.15. The van der Waals surface area contributed by atoms with Crippen molar-refractivity contribution in [2.45, 2.75) is 45.3 Å². The van der Waals surface area contributed by atoms with Crippen LogP contribution in [0.4, 0.5) is 0 Å². The lowest BCUT2D eigenvalue weighted by molar-refractivity contribution is -0.157. The van der Waals surface area contributed by atoms with Crippen LogP contribution >= 0.6 is 11.6 Å². The molecule has 4 heteroatoms. The minimum atomic E-state index is -0.277. The van der Waals surface area contributed by atoms with Gasteiger partial charge in [-0.15, -0.1) is 11.6 Å². The van der Waals surface area contributed by atoms with Crippen LogP contribution in [0.3, 0.4) is 0 Å². The van der Waals surface area contributed by atoms with Crippen molar-refractivity contribution in [3.05, 3.63) is 0 Å². The molecule has 0 N–H and O–H groups in total. The summed E-state index contributed by atoms with van der Waals surface area (Å²) in [5.74, 6) is 0.656. The molecular formula is C11H20ClNO2. The van der Waals surface area contributed by atoms with Crippen LogP contribution in [0.15, 0.2) is 0 Å². The third-order valence-corrected chi connectivity index (χ3v) is 2.81. The first-order valence-electron chi connectivity index (χ1n) is 5.50. The summed E-state index contributed by atoms with van der Waals surface area (Å²) in [7, 11) is 0. The Balaban J connectivity index is 2.61. The van der Waals surface area contributed by atoms with E-state index in [1.807, 2.05) is 25.7 Å². The van der Waals surface area contributed by atoms with Gasteiger partial charge in [0.05, 0.1) is 17.6 Å². The van der Waals surface area contributed by atoms with Crippen LogP contribution in [0.5, 0.6) is 0 Å². The van der Waals surface area contributed by atoms with Crippen molar-refractivity contribution in [1.29, 1.82) is 0 Å². The number of rotatable bonds is 3. The van der Waals surface area contributed by atoms with Crippen molar-refractivity contribution in [2.24, 2.45) is 0 Å². The topological polar surface area (TPSA) is 29.5 Å². The largest absolute Gasteiger partial charge is 0.367 e. The van der Waals surface area contributed by atoms with E-state index in [9.17, 15) is 4.79 Å². The highest BCUT2D eigenvalue weighted by Gasteiger charge is 2.34. The highest BCUT2D eigenvalue weighted by atomic mass is 35.5. The van der Waals surface area contributed by atoms with E-state index in [2.05, 4.69) is 0 Å².